The molecule has 1 aliphatic rings. The van der Waals surface area contributed by atoms with Crippen LogP contribution in [0.4, 0.5) is 4.79 Å². The number of hydrogen-bond donors (Lipinski definition) is 1. The lowest BCUT2D eigenvalue weighted by atomic mass is 9.77. The summed E-state index contributed by atoms with van der Waals surface area (Å²) in [6, 6.07) is 0. The minimum atomic E-state index is -0.863. The Bertz CT molecular complexity index is 302. The third-order valence-electron chi connectivity index (χ3n) is 2.61. The molecule has 5 heteroatoms. The zero-order chi connectivity index (χ0) is 13.1. The van der Waals surface area contributed by atoms with E-state index in [1.807, 2.05) is 0 Å². The molecule has 0 spiro atoms. The van der Waals surface area contributed by atoms with Crippen molar-refractivity contribution in [2.75, 3.05) is 6.61 Å². The highest BCUT2D eigenvalue weighted by Gasteiger charge is 2.47. The van der Waals surface area contributed by atoms with E-state index in [0.717, 1.165) is 6.42 Å². The average molecular weight is 243 g/mol. The van der Waals surface area contributed by atoms with Gasteiger partial charge < -0.3 is 14.8 Å². The molecule has 0 aromatic heterocycles. The highest BCUT2D eigenvalue weighted by atomic mass is 16.6. The molecule has 5 nitrogen and oxygen atoms in total. The van der Waals surface area contributed by atoms with Crippen LogP contribution in [0.25, 0.3) is 0 Å². The number of ether oxygens (including phenoxy) is 2. The first-order valence-electron chi connectivity index (χ1n) is 5.97. The Balaban J connectivity index is 2.58. The second-order valence-electron chi connectivity index (χ2n) is 5.28. The summed E-state index contributed by atoms with van der Waals surface area (Å²) >= 11 is 0. The third-order valence-corrected chi connectivity index (χ3v) is 2.61. The molecule has 0 radical (unpaired) electrons. The van der Waals surface area contributed by atoms with E-state index < -0.39 is 17.2 Å². The molecule has 1 saturated carbocycles. The van der Waals surface area contributed by atoms with Gasteiger partial charge in [0.05, 0.1) is 6.61 Å². The smallest absolute Gasteiger partial charge is 0.408 e. The Morgan fingerprint density at radius 2 is 1.88 bits per heavy atom. The highest BCUT2D eigenvalue weighted by Crippen LogP contribution is 2.33. The molecule has 0 aromatic rings. The lowest BCUT2D eigenvalue weighted by molar-refractivity contribution is -0.155. The molecule has 17 heavy (non-hydrogen) atoms. The number of esters is 1. The fraction of sp³-hybridized carbons (Fsp3) is 0.833. The van der Waals surface area contributed by atoms with E-state index in [-0.39, 0.29) is 5.97 Å². The van der Waals surface area contributed by atoms with Gasteiger partial charge in [0, 0.05) is 0 Å². The van der Waals surface area contributed by atoms with Gasteiger partial charge in [-0.15, -0.1) is 0 Å². The Morgan fingerprint density at radius 1 is 1.29 bits per heavy atom. The molecule has 0 bridgehead atoms. The number of carbonyl (C=O) groups excluding carboxylic acids is 2. The molecule has 1 fully saturated rings. The fourth-order valence-corrected chi connectivity index (χ4v) is 1.68. The predicted octanol–water partition coefficient (Wildman–Crippen LogP) is 2.00. The van der Waals surface area contributed by atoms with Crippen molar-refractivity contribution in [2.45, 2.75) is 58.1 Å². The first kappa shape index (κ1) is 13.8. The van der Waals surface area contributed by atoms with E-state index in [1.165, 1.54) is 0 Å². The van der Waals surface area contributed by atoms with Crippen LogP contribution in [0, 0.1) is 0 Å². The molecule has 0 unspecified atom stereocenters. The number of carbonyl (C=O) groups is 2. The van der Waals surface area contributed by atoms with Crippen molar-refractivity contribution in [1.29, 1.82) is 0 Å². The molecule has 0 atom stereocenters. The Labute approximate surface area is 102 Å². The van der Waals surface area contributed by atoms with Crippen molar-refractivity contribution in [1.82, 2.24) is 5.32 Å². The van der Waals surface area contributed by atoms with E-state index >= 15 is 0 Å². The van der Waals surface area contributed by atoms with Gasteiger partial charge in [-0.2, -0.15) is 0 Å². The molecule has 0 aliphatic heterocycles. The minimum Gasteiger partial charge on any atom is -0.464 e. The SMILES string of the molecule is CCOC(=O)C1(NC(=O)OC(C)(C)C)CCC1. The second kappa shape index (κ2) is 4.94. The lowest BCUT2D eigenvalue weighted by Crippen LogP contribution is -2.60. The largest absolute Gasteiger partial charge is 0.464 e. The van der Waals surface area contributed by atoms with Gasteiger partial charge in [0.2, 0.25) is 0 Å². The molecule has 0 saturated heterocycles. The standard InChI is InChI=1S/C12H21NO4/c1-5-16-9(14)12(7-6-8-12)13-10(15)17-11(2,3)4/h5-8H2,1-4H3,(H,13,15). The number of rotatable bonds is 3. The van der Waals surface area contributed by atoms with Crippen LogP contribution in [-0.4, -0.2) is 29.8 Å². The first-order chi connectivity index (χ1) is 7.79. The van der Waals surface area contributed by atoms with Crippen molar-refractivity contribution in [2.24, 2.45) is 0 Å². The summed E-state index contributed by atoms with van der Waals surface area (Å²) in [4.78, 5) is 23.4. The molecule has 1 amide bonds. The quantitative estimate of drug-likeness (QED) is 0.770. The number of nitrogens with one attached hydrogen (secondary N) is 1. The van der Waals surface area contributed by atoms with Gasteiger partial charge in [-0.1, -0.05) is 0 Å². The van der Waals surface area contributed by atoms with Gasteiger partial charge in [-0.3, -0.25) is 0 Å². The summed E-state index contributed by atoms with van der Waals surface area (Å²) in [6.45, 7) is 7.41. The van der Waals surface area contributed by atoms with Gasteiger partial charge in [0.15, 0.2) is 0 Å². The van der Waals surface area contributed by atoms with Crippen LogP contribution in [-0.2, 0) is 14.3 Å². The average Bonchev–Trinajstić information content (AvgIpc) is 2.08. The van der Waals surface area contributed by atoms with Crippen molar-refractivity contribution in [3.63, 3.8) is 0 Å². The van der Waals surface area contributed by atoms with Gasteiger partial charge >= 0.3 is 12.1 Å². The first-order valence-corrected chi connectivity index (χ1v) is 5.97. The van der Waals surface area contributed by atoms with E-state index in [1.54, 1.807) is 27.7 Å². The van der Waals surface area contributed by atoms with Gasteiger partial charge in [0.1, 0.15) is 11.1 Å². The minimum absolute atomic E-state index is 0.316. The van der Waals surface area contributed by atoms with Crippen molar-refractivity contribution < 1.29 is 19.1 Å². The normalized spacial score (nSPS) is 17.9. The van der Waals surface area contributed by atoms with Crippen molar-refractivity contribution in [3.05, 3.63) is 0 Å². The third kappa shape index (κ3) is 3.61. The summed E-state index contributed by atoms with van der Waals surface area (Å²) in [5, 5.41) is 2.64. The topological polar surface area (TPSA) is 64.6 Å². The Hall–Kier alpha value is -1.26. The van der Waals surface area contributed by atoms with Gasteiger partial charge in [0.25, 0.3) is 0 Å². The number of amides is 1. The van der Waals surface area contributed by atoms with Crippen LogP contribution in [0.3, 0.4) is 0 Å². The molecular weight excluding hydrogens is 222 g/mol. The molecule has 0 aromatic carbocycles. The molecular formula is C12H21NO4. The molecule has 0 heterocycles. The highest BCUT2D eigenvalue weighted by molar-refractivity contribution is 5.86. The van der Waals surface area contributed by atoms with E-state index in [0.29, 0.717) is 19.4 Å². The van der Waals surface area contributed by atoms with Crippen LogP contribution in [0.1, 0.15) is 47.0 Å². The maximum Gasteiger partial charge on any atom is 0.408 e. The van der Waals surface area contributed by atoms with Crippen LogP contribution in [0.2, 0.25) is 0 Å². The number of hydrogen-bond acceptors (Lipinski definition) is 4. The summed E-state index contributed by atoms with van der Waals surface area (Å²) in [7, 11) is 0. The fourth-order valence-electron chi connectivity index (χ4n) is 1.68. The zero-order valence-electron chi connectivity index (χ0n) is 11.0. The van der Waals surface area contributed by atoms with E-state index in [2.05, 4.69) is 5.32 Å². The van der Waals surface area contributed by atoms with Crippen molar-refractivity contribution >= 4 is 12.1 Å². The zero-order valence-corrected chi connectivity index (χ0v) is 11.0. The van der Waals surface area contributed by atoms with Crippen molar-refractivity contribution in [3.8, 4) is 0 Å². The summed E-state index contributed by atoms with van der Waals surface area (Å²) < 4.78 is 10.1. The maximum atomic E-state index is 11.8. The van der Waals surface area contributed by atoms with E-state index in [4.69, 9.17) is 9.47 Å². The summed E-state index contributed by atoms with van der Waals surface area (Å²) in [5.74, 6) is -0.364. The van der Waals surface area contributed by atoms with Gasteiger partial charge in [-0.25, -0.2) is 9.59 Å². The number of alkyl carbamates (subject to hydrolysis) is 1. The van der Waals surface area contributed by atoms with E-state index in [9.17, 15) is 9.59 Å². The van der Waals surface area contributed by atoms with Crippen LogP contribution >= 0.6 is 0 Å². The van der Waals surface area contributed by atoms with Gasteiger partial charge in [-0.05, 0) is 47.0 Å². The Morgan fingerprint density at radius 3 is 2.24 bits per heavy atom. The van der Waals surface area contributed by atoms with Crippen LogP contribution in [0.15, 0.2) is 0 Å². The lowest BCUT2D eigenvalue weighted by Gasteiger charge is -2.39. The molecule has 1 N–H and O–H groups in total. The molecule has 1 rings (SSSR count). The second-order valence-corrected chi connectivity index (χ2v) is 5.28. The monoisotopic (exact) mass is 243 g/mol. The molecule has 98 valence electrons. The van der Waals surface area contributed by atoms with Crippen LogP contribution < -0.4 is 5.32 Å². The summed E-state index contributed by atoms with van der Waals surface area (Å²) in [5.41, 5.74) is -1.43. The van der Waals surface area contributed by atoms with Crippen LogP contribution in [0.5, 0.6) is 0 Å². The predicted molar refractivity (Wildman–Crippen MR) is 62.6 cm³/mol. The summed E-state index contributed by atoms with van der Waals surface area (Å²) in [6.07, 6.45) is 1.58. The Kier molecular flexibility index (Phi) is 4.01. The molecule has 1 aliphatic carbocycles. The maximum absolute atomic E-state index is 11.8.